The van der Waals surface area contributed by atoms with E-state index in [2.05, 4.69) is 15.0 Å². The van der Waals surface area contributed by atoms with Gasteiger partial charge in [-0.1, -0.05) is 0 Å². The standard InChI is InChI=1S/CH2O5/c2-1-4-6-5-3/h1,3H. The van der Waals surface area contributed by atoms with Gasteiger partial charge in [0.25, 0.3) is 0 Å². The summed E-state index contributed by atoms with van der Waals surface area (Å²) in [5.41, 5.74) is 0. The quantitative estimate of drug-likeness (QED) is 0.221. The Hall–Kier alpha value is -0.650. The molecule has 0 amide bonds. The Morgan fingerprint density at radius 1 is 1.67 bits per heavy atom. The molecule has 1 N–H and O–H groups in total. The van der Waals surface area contributed by atoms with Crippen molar-refractivity contribution in [1.29, 1.82) is 0 Å². The number of hydrogen-bond acceptors (Lipinski definition) is 5. The van der Waals surface area contributed by atoms with E-state index < -0.39 is 0 Å². The first-order valence-corrected chi connectivity index (χ1v) is 0.987. The molecule has 0 bridgehead atoms. The van der Waals surface area contributed by atoms with Crippen LogP contribution >= 0.6 is 0 Å². The highest BCUT2D eigenvalue weighted by molar-refractivity contribution is 5.35. The van der Waals surface area contributed by atoms with Crippen molar-refractivity contribution in [1.82, 2.24) is 0 Å². The number of hydrogen-bond donors (Lipinski definition) is 1. The topological polar surface area (TPSA) is 65.0 Å². The molecule has 0 aliphatic heterocycles. The van der Waals surface area contributed by atoms with Crippen LogP contribution in [0.15, 0.2) is 0 Å². The largest absolute Gasteiger partial charge is 0.334 e. The molecule has 0 saturated carbocycles. The maximum absolute atomic E-state index is 9.03. The molecular formula is CH2O5. The van der Waals surface area contributed by atoms with Crippen LogP contribution in [-0.2, 0) is 19.8 Å². The zero-order valence-corrected chi connectivity index (χ0v) is 2.66. The second-order valence-electron chi connectivity index (χ2n) is 0.335. The molecule has 6 heavy (non-hydrogen) atoms. The molecule has 0 rings (SSSR count). The number of carbonyl (C=O) groups is 1. The Labute approximate surface area is 32.8 Å². The molecule has 0 aromatic carbocycles. The van der Waals surface area contributed by atoms with Crippen molar-refractivity contribution in [2.75, 3.05) is 0 Å². The van der Waals surface area contributed by atoms with E-state index in [1.807, 2.05) is 0 Å². The molecule has 0 aliphatic carbocycles. The van der Waals surface area contributed by atoms with Gasteiger partial charge < -0.3 is 0 Å². The lowest BCUT2D eigenvalue weighted by Gasteiger charge is -1.82. The third-order valence-corrected chi connectivity index (χ3v) is 0.109. The fraction of sp³-hybridized carbons (Fsp3) is 0. The van der Waals surface area contributed by atoms with Gasteiger partial charge in [-0.25, -0.2) is 5.26 Å². The van der Waals surface area contributed by atoms with Crippen molar-refractivity contribution >= 4 is 6.47 Å². The second kappa shape index (κ2) is 4.35. The Kier molecular flexibility index (Phi) is 3.88. The van der Waals surface area contributed by atoms with E-state index in [-0.39, 0.29) is 6.47 Å². The maximum atomic E-state index is 9.03. The molecule has 0 radical (unpaired) electrons. The van der Waals surface area contributed by atoms with Crippen molar-refractivity contribution in [3.05, 3.63) is 0 Å². The molecule has 5 nitrogen and oxygen atoms in total. The van der Waals surface area contributed by atoms with Crippen molar-refractivity contribution in [3.8, 4) is 0 Å². The van der Waals surface area contributed by atoms with Crippen LogP contribution in [0.1, 0.15) is 0 Å². The van der Waals surface area contributed by atoms with E-state index in [1.54, 1.807) is 0 Å². The molecule has 0 unspecified atom stereocenters. The molecule has 0 fully saturated rings. The predicted molar refractivity (Wildman–Crippen MR) is 11.9 cm³/mol. The van der Waals surface area contributed by atoms with Crippen LogP contribution in [0.2, 0.25) is 0 Å². The van der Waals surface area contributed by atoms with Crippen molar-refractivity contribution in [2.45, 2.75) is 0 Å². The van der Waals surface area contributed by atoms with Gasteiger partial charge in [0.05, 0.1) is 0 Å². The summed E-state index contributed by atoms with van der Waals surface area (Å²) in [5, 5.41) is 13.2. The van der Waals surface area contributed by atoms with Crippen molar-refractivity contribution < 1.29 is 25.0 Å². The van der Waals surface area contributed by atoms with E-state index >= 15 is 0 Å². The maximum Gasteiger partial charge on any atom is 0.334 e. The fourth-order valence-corrected chi connectivity index (χ4v) is 0.0336. The summed E-state index contributed by atoms with van der Waals surface area (Å²) in [6.07, 6.45) is 0. The molecule has 0 heterocycles. The molecule has 0 atom stereocenters. The third kappa shape index (κ3) is 3.35. The average molecular weight is 94.0 g/mol. The molecule has 0 spiro atoms. The van der Waals surface area contributed by atoms with Crippen LogP contribution in [-0.4, -0.2) is 11.7 Å². The van der Waals surface area contributed by atoms with Crippen molar-refractivity contribution in [2.24, 2.45) is 0 Å². The minimum Gasteiger partial charge on any atom is -0.270 e. The van der Waals surface area contributed by atoms with E-state index in [9.17, 15) is 0 Å². The Balaban J connectivity index is 2.49. The summed E-state index contributed by atoms with van der Waals surface area (Å²) < 4.78 is 0. The van der Waals surface area contributed by atoms with Gasteiger partial charge in [-0.2, -0.15) is 0 Å². The van der Waals surface area contributed by atoms with Crippen LogP contribution in [0.25, 0.3) is 0 Å². The van der Waals surface area contributed by atoms with Gasteiger partial charge in [-0.3, -0.25) is 9.68 Å². The zero-order valence-electron chi connectivity index (χ0n) is 2.66. The van der Waals surface area contributed by atoms with Crippen LogP contribution in [0.4, 0.5) is 0 Å². The summed E-state index contributed by atoms with van der Waals surface area (Å²) >= 11 is 0. The lowest BCUT2D eigenvalue weighted by Crippen LogP contribution is -1.88. The smallest absolute Gasteiger partial charge is 0.270 e. The molecular weight excluding hydrogens is 92.0 g/mol. The highest BCUT2D eigenvalue weighted by atomic mass is 17.6. The van der Waals surface area contributed by atoms with Gasteiger partial charge >= 0.3 is 6.47 Å². The zero-order chi connectivity index (χ0) is 4.83. The summed E-state index contributed by atoms with van der Waals surface area (Å²) in [6, 6.07) is 0. The SMILES string of the molecule is O=COOOO. The summed E-state index contributed by atoms with van der Waals surface area (Å²) in [4.78, 5) is 12.4. The monoisotopic (exact) mass is 94.0 g/mol. The fourth-order valence-electron chi connectivity index (χ4n) is 0.0336. The third-order valence-electron chi connectivity index (χ3n) is 0.109. The lowest BCUT2D eigenvalue weighted by atomic mass is 11.7. The first-order valence-electron chi connectivity index (χ1n) is 0.987. The van der Waals surface area contributed by atoms with E-state index in [4.69, 9.17) is 10.1 Å². The van der Waals surface area contributed by atoms with Gasteiger partial charge in [-0.15, -0.1) is 0 Å². The molecule has 5 heteroatoms. The van der Waals surface area contributed by atoms with Gasteiger partial charge in [0.1, 0.15) is 0 Å². The van der Waals surface area contributed by atoms with Gasteiger partial charge in [0, 0.05) is 5.04 Å². The molecule has 36 valence electrons. The minimum atomic E-state index is -0.0454. The van der Waals surface area contributed by atoms with E-state index in [0.717, 1.165) is 0 Å². The van der Waals surface area contributed by atoms with Gasteiger partial charge in [-0.05, 0) is 5.04 Å². The second-order valence-corrected chi connectivity index (χ2v) is 0.335. The van der Waals surface area contributed by atoms with E-state index in [0.29, 0.717) is 0 Å². The van der Waals surface area contributed by atoms with Crippen LogP contribution in [0.3, 0.4) is 0 Å². The summed E-state index contributed by atoms with van der Waals surface area (Å²) in [7, 11) is 0. The summed E-state index contributed by atoms with van der Waals surface area (Å²) in [6.45, 7) is -0.0454. The van der Waals surface area contributed by atoms with Crippen LogP contribution < -0.4 is 0 Å². The Morgan fingerprint density at radius 2 is 2.33 bits per heavy atom. The van der Waals surface area contributed by atoms with E-state index in [1.165, 1.54) is 0 Å². The molecule has 0 aromatic heterocycles. The van der Waals surface area contributed by atoms with Crippen molar-refractivity contribution in [3.63, 3.8) is 0 Å². The highest BCUT2D eigenvalue weighted by Gasteiger charge is 1.73. The highest BCUT2D eigenvalue weighted by Crippen LogP contribution is 1.66. The van der Waals surface area contributed by atoms with Crippen LogP contribution in [0.5, 0.6) is 0 Å². The predicted octanol–water partition coefficient (Wildman–Crippen LogP) is -0.504. The number of rotatable bonds is 3. The molecule has 0 saturated heterocycles. The Morgan fingerprint density at radius 3 is 2.50 bits per heavy atom. The summed E-state index contributed by atoms with van der Waals surface area (Å²) in [5.74, 6) is 0. The van der Waals surface area contributed by atoms with Crippen LogP contribution in [0, 0.1) is 0 Å². The molecule has 0 aliphatic rings. The first-order chi connectivity index (χ1) is 2.91. The number of carbonyl (C=O) groups excluding carboxylic acids is 1. The average Bonchev–Trinajstić information content (AvgIpc) is 1.61. The first kappa shape index (κ1) is 5.35. The normalized spacial score (nSPS) is 7.50. The Bertz CT molecular complexity index is 32.9. The lowest BCUT2D eigenvalue weighted by molar-refractivity contribution is -0.603. The van der Waals surface area contributed by atoms with Gasteiger partial charge in [0.15, 0.2) is 0 Å². The minimum absolute atomic E-state index is 0.0454. The molecule has 0 aromatic rings. The van der Waals surface area contributed by atoms with Gasteiger partial charge in [0.2, 0.25) is 0 Å².